The van der Waals surface area contributed by atoms with E-state index in [1.807, 2.05) is 60.7 Å². The summed E-state index contributed by atoms with van der Waals surface area (Å²) in [5.74, 6) is 0. The Labute approximate surface area is 132 Å². The zero-order chi connectivity index (χ0) is 14.1. The monoisotopic (exact) mass is 456 g/mol. The zero-order valence-electron chi connectivity index (χ0n) is 10.9. The Kier molecular flexibility index (Phi) is 27.1. The largest absolute Gasteiger partial charge is 0.184 e. The Morgan fingerprint density at radius 3 is 1.05 bits per heavy atom. The first-order valence-electron chi connectivity index (χ1n) is 5.10. The van der Waals surface area contributed by atoms with E-state index in [2.05, 4.69) is 18.8 Å². The van der Waals surface area contributed by atoms with Gasteiger partial charge >= 0.3 is 11.3 Å². The third kappa shape index (κ3) is 31.6. The Hall–Kier alpha value is -0.982. The van der Waals surface area contributed by atoms with E-state index in [1.54, 1.807) is 12.5 Å². The molecule has 2 aromatic carbocycles. The molecule has 0 saturated carbocycles. The average molecular weight is 456 g/mol. The fourth-order valence-electron chi connectivity index (χ4n) is 0.684. The van der Waals surface area contributed by atoms with Crippen molar-refractivity contribution < 1.29 is 29.9 Å². The summed E-state index contributed by atoms with van der Waals surface area (Å²) < 4.78 is 17.1. The third-order valence-electron chi connectivity index (χ3n) is 1.21. The molecule has 0 aliphatic heterocycles. The van der Waals surface area contributed by atoms with E-state index < -0.39 is 10.8 Å². The van der Waals surface area contributed by atoms with Crippen LogP contribution in [0.2, 0.25) is 0 Å². The second kappa shape index (κ2) is 22.2. The minimum atomic E-state index is -0.870. The van der Waals surface area contributed by atoms with Gasteiger partial charge in [0.15, 0.2) is 0 Å². The molecule has 2 rings (SSSR count). The molecular weight excluding hydrogens is 439 g/mol. The van der Waals surface area contributed by atoms with Crippen LogP contribution in [0.4, 0.5) is 0 Å². The molecular formula is C15H17O2PtS-. The molecule has 0 amide bonds. The first-order valence-corrected chi connectivity index (χ1v) is 7.26. The number of hydrogen-bond acceptors (Lipinski definition) is 1. The van der Waals surface area contributed by atoms with Crippen LogP contribution >= 0.6 is 0 Å². The SMILES string of the molecule is C[SH+](C)=O.[C-]#[O+].[Pt].[c-]1ccccc1.[c-]1ccccc1. The molecule has 2 aromatic rings. The minimum absolute atomic E-state index is 0. The summed E-state index contributed by atoms with van der Waals surface area (Å²) >= 11 is 0. The predicted molar refractivity (Wildman–Crippen MR) is 75.8 cm³/mol. The smallest absolute Gasteiger partial charge is 0 e. The molecule has 4 heteroatoms. The Bertz CT molecular complexity index is 302. The molecule has 0 N–H and O–H groups in total. The van der Waals surface area contributed by atoms with Crippen molar-refractivity contribution in [2.45, 2.75) is 0 Å². The molecule has 0 atom stereocenters. The van der Waals surface area contributed by atoms with Crippen molar-refractivity contribution in [3.63, 3.8) is 0 Å². The van der Waals surface area contributed by atoms with Crippen LogP contribution in [-0.2, 0) is 40.7 Å². The fraction of sp³-hybridized carbons (Fsp3) is 0.133. The van der Waals surface area contributed by atoms with Gasteiger partial charge in [-0.25, -0.2) is 0 Å². The maximum absolute atomic E-state index is 9.59. The molecule has 0 unspecified atom stereocenters. The number of benzene rings is 2. The van der Waals surface area contributed by atoms with E-state index in [-0.39, 0.29) is 21.1 Å². The van der Waals surface area contributed by atoms with Gasteiger partial charge in [-0.2, -0.15) is 72.8 Å². The van der Waals surface area contributed by atoms with Gasteiger partial charge in [0.2, 0.25) is 0 Å². The third-order valence-corrected chi connectivity index (χ3v) is 1.21. The molecule has 0 fully saturated rings. The van der Waals surface area contributed by atoms with Gasteiger partial charge in [0, 0.05) is 21.1 Å². The molecule has 19 heavy (non-hydrogen) atoms. The van der Waals surface area contributed by atoms with Crippen molar-refractivity contribution in [1.29, 1.82) is 0 Å². The quantitative estimate of drug-likeness (QED) is 0.341. The van der Waals surface area contributed by atoms with Crippen molar-refractivity contribution in [3.05, 3.63) is 79.4 Å². The van der Waals surface area contributed by atoms with Crippen LogP contribution in [0.15, 0.2) is 60.7 Å². The average Bonchev–Trinajstić information content (AvgIpc) is 2.45. The van der Waals surface area contributed by atoms with Crippen LogP contribution in [0.5, 0.6) is 0 Å². The first kappa shape index (κ1) is 23.1. The molecule has 2 nitrogen and oxygen atoms in total. The number of rotatable bonds is 0. The Morgan fingerprint density at radius 2 is 1.00 bits per heavy atom. The van der Waals surface area contributed by atoms with Gasteiger partial charge in [-0.1, -0.05) is 0 Å². The summed E-state index contributed by atoms with van der Waals surface area (Å²) in [4.78, 5) is 0. The van der Waals surface area contributed by atoms with Gasteiger partial charge in [-0.3, -0.25) is 0 Å². The number of thiol groups is 1. The van der Waals surface area contributed by atoms with Crippen molar-refractivity contribution in [2.24, 2.45) is 0 Å². The Morgan fingerprint density at radius 1 is 0.789 bits per heavy atom. The van der Waals surface area contributed by atoms with Crippen LogP contribution in [0.25, 0.3) is 0 Å². The Balaban J connectivity index is -0.000000189. The molecule has 0 heterocycles. The summed E-state index contributed by atoms with van der Waals surface area (Å²) in [5, 5.41) is 0. The van der Waals surface area contributed by atoms with Crippen molar-refractivity contribution in [3.8, 4) is 0 Å². The standard InChI is InChI=1S/2C6H5.C2H6OS.CO.Pt/c2*1-2-4-6-5-3-1;1-4(2)3;1-2;/h2*1-5H;1-2H3;;/q2*-1;;;/p+1. The van der Waals surface area contributed by atoms with Crippen LogP contribution in [-0.4, -0.2) is 12.5 Å². The van der Waals surface area contributed by atoms with E-state index >= 15 is 0 Å². The fourth-order valence-corrected chi connectivity index (χ4v) is 0.684. The maximum Gasteiger partial charge on any atom is 0 e. The summed E-state index contributed by atoms with van der Waals surface area (Å²) in [6.45, 7) is 4.50. The van der Waals surface area contributed by atoms with Crippen molar-refractivity contribution in [1.82, 2.24) is 0 Å². The summed E-state index contributed by atoms with van der Waals surface area (Å²) in [6, 6.07) is 25.0. The molecule has 0 aliphatic carbocycles. The molecule has 0 aliphatic rings. The van der Waals surface area contributed by atoms with Crippen molar-refractivity contribution in [2.75, 3.05) is 12.5 Å². The molecule has 0 saturated heterocycles. The van der Waals surface area contributed by atoms with Gasteiger partial charge < -0.3 is 0 Å². The number of hydrogen-bond donors (Lipinski definition) is 0. The van der Waals surface area contributed by atoms with E-state index in [1.165, 1.54) is 0 Å². The molecule has 106 valence electrons. The molecule has 0 spiro atoms. The normalized spacial score (nSPS) is 7.00. The van der Waals surface area contributed by atoms with E-state index in [0.29, 0.717) is 0 Å². The van der Waals surface area contributed by atoms with Gasteiger partial charge in [0.1, 0.15) is 0 Å². The van der Waals surface area contributed by atoms with Crippen LogP contribution in [0.1, 0.15) is 0 Å². The molecule has 0 radical (unpaired) electrons. The molecule has 0 bridgehead atoms. The topological polar surface area (TPSA) is 37.0 Å². The van der Waals surface area contributed by atoms with Crippen LogP contribution in [0, 0.1) is 18.8 Å². The first-order chi connectivity index (χ1) is 8.73. The predicted octanol–water partition coefficient (Wildman–Crippen LogP) is 2.88. The van der Waals surface area contributed by atoms with Gasteiger partial charge in [-0.05, 0) is 0 Å². The van der Waals surface area contributed by atoms with Gasteiger partial charge in [0.25, 0.3) is 0 Å². The van der Waals surface area contributed by atoms with Crippen LogP contribution in [0.3, 0.4) is 0 Å². The second-order valence-electron chi connectivity index (χ2n) is 2.97. The summed E-state index contributed by atoms with van der Waals surface area (Å²) in [7, 11) is -0.870. The van der Waals surface area contributed by atoms with E-state index in [4.69, 9.17) is 4.65 Å². The van der Waals surface area contributed by atoms with Crippen LogP contribution < -0.4 is 0 Å². The molecule has 0 aromatic heterocycles. The van der Waals surface area contributed by atoms with Gasteiger partial charge in [-0.15, -0.1) is 4.21 Å². The zero-order valence-corrected chi connectivity index (χ0v) is 14.0. The van der Waals surface area contributed by atoms with E-state index in [9.17, 15) is 4.21 Å². The second-order valence-corrected chi connectivity index (χ2v) is 4.59. The van der Waals surface area contributed by atoms with Gasteiger partial charge in [0.05, 0.1) is 23.3 Å². The van der Waals surface area contributed by atoms with Crippen molar-refractivity contribution >= 4 is 10.8 Å². The minimum Gasteiger partial charge on any atom is -0.184 e. The summed E-state index contributed by atoms with van der Waals surface area (Å²) in [6.07, 6.45) is 3.35. The maximum atomic E-state index is 9.59. The van der Waals surface area contributed by atoms with E-state index in [0.717, 1.165) is 0 Å². The summed E-state index contributed by atoms with van der Waals surface area (Å²) in [5.41, 5.74) is 0.